The largest absolute Gasteiger partial charge is 0.493 e. The fourth-order valence-corrected chi connectivity index (χ4v) is 5.09. The van der Waals surface area contributed by atoms with E-state index in [1.165, 1.54) is 24.8 Å². The number of rotatable bonds is 10. The Morgan fingerprint density at radius 1 is 1.09 bits per heavy atom. The summed E-state index contributed by atoms with van der Waals surface area (Å²) in [5.41, 5.74) is 1.27. The van der Waals surface area contributed by atoms with Crippen molar-refractivity contribution in [2.75, 3.05) is 53.7 Å². The molecule has 0 radical (unpaired) electrons. The Hall–Kier alpha value is -1.99. The summed E-state index contributed by atoms with van der Waals surface area (Å²) in [4.78, 5) is 4.92. The molecule has 3 N–H and O–H groups in total. The Morgan fingerprint density at radius 2 is 1.88 bits per heavy atom. The van der Waals surface area contributed by atoms with Gasteiger partial charge in [0.2, 0.25) is 0 Å². The molecule has 7 heteroatoms. The number of guanidine groups is 1. The van der Waals surface area contributed by atoms with Gasteiger partial charge < -0.3 is 30.0 Å². The molecule has 1 unspecified atom stereocenters. The number of aliphatic imine (C=N–C) groups is 1. The first-order valence-electron chi connectivity index (χ1n) is 12.0. The van der Waals surface area contributed by atoms with Crippen LogP contribution in [-0.2, 0) is 10.2 Å². The van der Waals surface area contributed by atoms with Crippen LogP contribution in [0.5, 0.6) is 11.5 Å². The fourth-order valence-electron chi connectivity index (χ4n) is 5.09. The molecule has 1 aliphatic heterocycles. The summed E-state index contributed by atoms with van der Waals surface area (Å²) in [6.07, 6.45) is 7.68. The van der Waals surface area contributed by atoms with Crippen molar-refractivity contribution >= 4 is 5.96 Å². The zero-order chi connectivity index (χ0) is 22.9. The normalized spacial score (nSPS) is 23.1. The molecule has 3 rings (SSSR count). The minimum Gasteiger partial charge on any atom is -0.493 e. The van der Waals surface area contributed by atoms with Crippen LogP contribution in [0.2, 0.25) is 0 Å². The maximum atomic E-state index is 9.52. The molecule has 1 saturated heterocycles. The minimum absolute atomic E-state index is 0.0350. The number of benzene rings is 1. The van der Waals surface area contributed by atoms with Crippen LogP contribution in [0.3, 0.4) is 0 Å². The number of methoxy groups -OCH3 is 2. The smallest absolute Gasteiger partial charge is 0.191 e. The SMILES string of the molecule is CCNC(=NCC1(CCO)CCOC1)NCC1(c2ccc(OC)c(OC)c2)CCCCC1. The Labute approximate surface area is 192 Å². The molecule has 1 atom stereocenters. The number of nitrogens with one attached hydrogen (secondary N) is 2. The van der Waals surface area contributed by atoms with E-state index in [-0.39, 0.29) is 17.4 Å². The van der Waals surface area contributed by atoms with E-state index in [4.69, 9.17) is 19.2 Å². The van der Waals surface area contributed by atoms with Crippen LogP contribution in [0.15, 0.2) is 23.2 Å². The predicted molar refractivity (Wildman–Crippen MR) is 128 cm³/mol. The van der Waals surface area contributed by atoms with Gasteiger partial charge in [-0.25, -0.2) is 0 Å². The predicted octanol–water partition coefficient (Wildman–Crippen LogP) is 3.25. The van der Waals surface area contributed by atoms with E-state index in [2.05, 4.69) is 29.7 Å². The van der Waals surface area contributed by atoms with Crippen LogP contribution in [0.1, 0.15) is 57.4 Å². The van der Waals surface area contributed by atoms with Crippen molar-refractivity contribution in [3.05, 3.63) is 23.8 Å². The molecular formula is C25H41N3O4. The average Bonchev–Trinajstić information content (AvgIpc) is 3.30. The molecule has 180 valence electrons. The van der Waals surface area contributed by atoms with Crippen molar-refractivity contribution < 1.29 is 19.3 Å². The average molecular weight is 448 g/mol. The summed E-state index contributed by atoms with van der Waals surface area (Å²) in [5, 5.41) is 16.6. The van der Waals surface area contributed by atoms with Crippen LogP contribution >= 0.6 is 0 Å². The zero-order valence-corrected chi connectivity index (χ0v) is 20.0. The van der Waals surface area contributed by atoms with Gasteiger partial charge in [0.15, 0.2) is 17.5 Å². The number of hydrogen-bond acceptors (Lipinski definition) is 5. The topological polar surface area (TPSA) is 84.3 Å². The summed E-state index contributed by atoms with van der Waals surface area (Å²) in [6.45, 7) is 5.96. The van der Waals surface area contributed by atoms with E-state index < -0.39 is 0 Å². The van der Waals surface area contributed by atoms with Crippen LogP contribution in [-0.4, -0.2) is 64.7 Å². The highest BCUT2D eigenvalue weighted by Crippen LogP contribution is 2.42. The maximum absolute atomic E-state index is 9.52. The van der Waals surface area contributed by atoms with Gasteiger partial charge in [-0.05, 0) is 50.3 Å². The van der Waals surface area contributed by atoms with Gasteiger partial charge in [0.25, 0.3) is 0 Å². The third-order valence-electron chi connectivity index (χ3n) is 7.14. The molecule has 1 saturated carbocycles. The highest BCUT2D eigenvalue weighted by Gasteiger charge is 2.36. The molecule has 2 aliphatic rings. The summed E-state index contributed by atoms with van der Waals surface area (Å²) >= 11 is 0. The molecule has 0 aromatic heterocycles. The van der Waals surface area contributed by atoms with Crippen LogP contribution in [0.4, 0.5) is 0 Å². The van der Waals surface area contributed by atoms with Gasteiger partial charge in [-0.3, -0.25) is 4.99 Å². The molecule has 2 fully saturated rings. The van der Waals surface area contributed by atoms with Crippen molar-refractivity contribution in [1.82, 2.24) is 10.6 Å². The van der Waals surface area contributed by atoms with Crippen LogP contribution in [0.25, 0.3) is 0 Å². The lowest BCUT2D eigenvalue weighted by Crippen LogP contribution is -2.47. The van der Waals surface area contributed by atoms with E-state index >= 15 is 0 Å². The number of ether oxygens (including phenoxy) is 3. The van der Waals surface area contributed by atoms with Crippen LogP contribution in [0, 0.1) is 5.41 Å². The van der Waals surface area contributed by atoms with Gasteiger partial charge in [0.05, 0.1) is 27.4 Å². The first kappa shape index (κ1) is 24.6. The number of aliphatic hydroxyl groups is 1. The van der Waals surface area contributed by atoms with Gasteiger partial charge >= 0.3 is 0 Å². The standard InChI is InChI=1S/C25H41N3O4/c1-4-26-23(27-17-24(12-14-29)13-15-32-19-24)28-18-25(10-6-5-7-11-25)20-8-9-21(30-2)22(16-20)31-3/h8-9,16,29H,4-7,10-15,17-19H2,1-3H3,(H2,26,27,28). The Balaban J connectivity index is 1.78. The lowest BCUT2D eigenvalue weighted by atomic mass is 9.69. The van der Waals surface area contributed by atoms with E-state index in [0.717, 1.165) is 62.8 Å². The molecule has 1 heterocycles. The highest BCUT2D eigenvalue weighted by molar-refractivity contribution is 5.80. The van der Waals surface area contributed by atoms with Gasteiger partial charge in [0.1, 0.15) is 0 Å². The molecule has 7 nitrogen and oxygen atoms in total. The van der Waals surface area contributed by atoms with E-state index in [1.807, 2.05) is 6.07 Å². The van der Waals surface area contributed by atoms with Crippen LogP contribution < -0.4 is 20.1 Å². The molecule has 0 amide bonds. The van der Waals surface area contributed by atoms with Crippen molar-refractivity contribution in [1.29, 1.82) is 0 Å². The van der Waals surface area contributed by atoms with Gasteiger partial charge in [-0.2, -0.15) is 0 Å². The van der Waals surface area contributed by atoms with Gasteiger partial charge in [-0.1, -0.05) is 25.3 Å². The Morgan fingerprint density at radius 3 is 2.50 bits per heavy atom. The summed E-state index contributed by atoms with van der Waals surface area (Å²) in [5.74, 6) is 2.38. The van der Waals surface area contributed by atoms with Crippen molar-refractivity contribution in [2.24, 2.45) is 10.4 Å². The zero-order valence-electron chi connectivity index (χ0n) is 20.0. The number of aliphatic hydroxyl groups excluding tert-OH is 1. The molecule has 0 bridgehead atoms. The van der Waals surface area contributed by atoms with Crippen molar-refractivity contribution in [2.45, 2.75) is 57.3 Å². The Bertz CT molecular complexity index is 741. The summed E-state index contributed by atoms with van der Waals surface area (Å²) < 4.78 is 16.7. The molecule has 1 aliphatic carbocycles. The third kappa shape index (κ3) is 5.87. The van der Waals surface area contributed by atoms with E-state index in [0.29, 0.717) is 13.2 Å². The van der Waals surface area contributed by atoms with E-state index in [1.54, 1.807) is 14.2 Å². The third-order valence-corrected chi connectivity index (χ3v) is 7.14. The maximum Gasteiger partial charge on any atom is 0.191 e. The van der Waals surface area contributed by atoms with Gasteiger partial charge in [-0.15, -0.1) is 0 Å². The van der Waals surface area contributed by atoms with Crippen molar-refractivity contribution in [3.63, 3.8) is 0 Å². The van der Waals surface area contributed by atoms with Gasteiger partial charge in [0, 0.05) is 37.1 Å². The second kappa shape index (κ2) is 11.8. The monoisotopic (exact) mass is 447 g/mol. The first-order chi connectivity index (χ1) is 15.6. The number of hydrogen-bond donors (Lipinski definition) is 3. The molecule has 1 aromatic carbocycles. The molecule has 0 spiro atoms. The molecular weight excluding hydrogens is 406 g/mol. The quantitative estimate of drug-likeness (QED) is 0.377. The second-order valence-corrected chi connectivity index (χ2v) is 9.24. The van der Waals surface area contributed by atoms with E-state index in [9.17, 15) is 5.11 Å². The summed E-state index contributed by atoms with van der Waals surface area (Å²) in [7, 11) is 3.37. The minimum atomic E-state index is -0.0526. The lowest BCUT2D eigenvalue weighted by Gasteiger charge is -2.39. The highest BCUT2D eigenvalue weighted by atomic mass is 16.5. The Kier molecular flexibility index (Phi) is 9.05. The number of nitrogens with zero attached hydrogens (tertiary/aromatic N) is 1. The second-order valence-electron chi connectivity index (χ2n) is 9.24. The molecule has 1 aromatic rings. The first-order valence-corrected chi connectivity index (χ1v) is 12.0. The van der Waals surface area contributed by atoms with Crippen molar-refractivity contribution in [3.8, 4) is 11.5 Å². The fraction of sp³-hybridized carbons (Fsp3) is 0.720. The summed E-state index contributed by atoms with van der Waals surface area (Å²) in [6, 6.07) is 6.34. The lowest BCUT2D eigenvalue weighted by molar-refractivity contribution is 0.131. The molecule has 32 heavy (non-hydrogen) atoms.